The average Bonchev–Trinajstić information content (AvgIpc) is 3.26. The Kier molecular flexibility index (Phi) is 7.68. The lowest BCUT2D eigenvalue weighted by Crippen LogP contribution is -2.40. The van der Waals surface area contributed by atoms with Crippen molar-refractivity contribution in [1.29, 1.82) is 0 Å². The number of hydrogen-bond acceptors (Lipinski definition) is 5. The molecular formula is C17H25N3O2S2. The number of nitrogens with zero attached hydrogens (tertiary/aromatic N) is 1. The fraction of sp³-hybridized carbons (Fsp3) is 0.471. The highest BCUT2D eigenvalue weighted by molar-refractivity contribution is 7.98. The van der Waals surface area contributed by atoms with Gasteiger partial charge in [0.15, 0.2) is 5.96 Å². The van der Waals surface area contributed by atoms with E-state index in [1.165, 1.54) is 0 Å². The summed E-state index contributed by atoms with van der Waals surface area (Å²) in [6.45, 7) is 3.65. The molecule has 0 saturated carbocycles. The van der Waals surface area contributed by atoms with Gasteiger partial charge < -0.3 is 20.2 Å². The maximum atomic E-state index is 10.6. The zero-order chi connectivity index (χ0) is 17.3. The minimum Gasteiger partial charge on any atom is -0.469 e. The van der Waals surface area contributed by atoms with E-state index in [2.05, 4.69) is 21.9 Å². The van der Waals surface area contributed by atoms with Gasteiger partial charge in [0.2, 0.25) is 0 Å². The van der Waals surface area contributed by atoms with Crippen LogP contribution in [0.5, 0.6) is 0 Å². The van der Waals surface area contributed by atoms with Crippen LogP contribution in [-0.4, -0.2) is 42.7 Å². The lowest BCUT2D eigenvalue weighted by Gasteiger charge is -2.20. The molecule has 24 heavy (non-hydrogen) atoms. The Hall–Kier alpha value is -1.44. The van der Waals surface area contributed by atoms with Gasteiger partial charge in [0.1, 0.15) is 11.4 Å². The van der Waals surface area contributed by atoms with Gasteiger partial charge in [0.25, 0.3) is 0 Å². The summed E-state index contributed by atoms with van der Waals surface area (Å²) in [5.74, 6) is 2.66. The van der Waals surface area contributed by atoms with Gasteiger partial charge >= 0.3 is 0 Å². The molecular weight excluding hydrogens is 342 g/mol. The molecule has 0 radical (unpaired) electrons. The van der Waals surface area contributed by atoms with Crippen LogP contribution in [0.15, 0.2) is 45.3 Å². The van der Waals surface area contributed by atoms with Crippen LogP contribution in [0.2, 0.25) is 0 Å². The molecule has 5 nitrogen and oxygen atoms in total. The molecule has 2 aromatic rings. The van der Waals surface area contributed by atoms with Crippen molar-refractivity contribution in [3.63, 3.8) is 0 Å². The third-order valence-electron chi connectivity index (χ3n) is 3.44. The number of thiophene rings is 1. The van der Waals surface area contributed by atoms with Crippen molar-refractivity contribution in [3.05, 3.63) is 46.5 Å². The SMILES string of the molecule is CSCCNC(=NCC(C)(O)c1cccs1)NCCc1ccco1. The summed E-state index contributed by atoms with van der Waals surface area (Å²) < 4.78 is 5.33. The summed E-state index contributed by atoms with van der Waals surface area (Å²) in [5.41, 5.74) is -0.955. The largest absolute Gasteiger partial charge is 0.469 e. The van der Waals surface area contributed by atoms with Crippen molar-refractivity contribution in [3.8, 4) is 0 Å². The number of nitrogens with one attached hydrogen (secondary N) is 2. The van der Waals surface area contributed by atoms with Crippen LogP contribution >= 0.6 is 23.1 Å². The Morgan fingerprint density at radius 1 is 1.33 bits per heavy atom. The van der Waals surface area contributed by atoms with Crippen molar-refractivity contribution >= 4 is 29.1 Å². The zero-order valence-corrected chi connectivity index (χ0v) is 15.8. The van der Waals surface area contributed by atoms with E-state index in [4.69, 9.17) is 4.42 Å². The molecule has 2 aromatic heterocycles. The highest BCUT2D eigenvalue weighted by atomic mass is 32.2. The Bertz CT molecular complexity index is 595. The lowest BCUT2D eigenvalue weighted by atomic mass is 10.1. The highest BCUT2D eigenvalue weighted by Gasteiger charge is 2.23. The van der Waals surface area contributed by atoms with Gasteiger partial charge in [-0.25, -0.2) is 4.99 Å². The van der Waals surface area contributed by atoms with Gasteiger partial charge in [-0.15, -0.1) is 11.3 Å². The minimum atomic E-state index is -0.955. The Balaban J connectivity index is 1.90. The van der Waals surface area contributed by atoms with Crippen molar-refractivity contribution in [2.24, 2.45) is 4.99 Å². The van der Waals surface area contributed by atoms with E-state index in [0.29, 0.717) is 12.5 Å². The summed E-state index contributed by atoms with van der Waals surface area (Å²) in [7, 11) is 0. The van der Waals surface area contributed by atoms with Crippen LogP contribution in [0.25, 0.3) is 0 Å². The molecule has 0 aliphatic carbocycles. The maximum Gasteiger partial charge on any atom is 0.191 e. The number of aliphatic hydroxyl groups is 1. The van der Waals surface area contributed by atoms with Crippen molar-refractivity contribution < 1.29 is 9.52 Å². The van der Waals surface area contributed by atoms with Gasteiger partial charge in [-0.3, -0.25) is 0 Å². The zero-order valence-electron chi connectivity index (χ0n) is 14.1. The molecule has 1 atom stereocenters. The molecule has 132 valence electrons. The second kappa shape index (κ2) is 9.76. The molecule has 3 N–H and O–H groups in total. The van der Waals surface area contributed by atoms with Crippen LogP contribution in [0.1, 0.15) is 17.6 Å². The molecule has 0 aliphatic rings. The van der Waals surface area contributed by atoms with Gasteiger partial charge in [-0.05, 0) is 36.8 Å². The monoisotopic (exact) mass is 367 g/mol. The summed E-state index contributed by atoms with van der Waals surface area (Å²) >= 11 is 3.32. The molecule has 0 amide bonds. The summed E-state index contributed by atoms with van der Waals surface area (Å²) in [4.78, 5) is 5.47. The molecule has 2 rings (SSSR count). The molecule has 0 aliphatic heterocycles. The van der Waals surface area contributed by atoms with Gasteiger partial charge in [0, 0.05) is 30.1 Å². The van der Waals surface area contributed by atoms with E-state index in [1.54, 1.807) is 36.3 Å². The van der Waals surface area contributed by atoms with Crippen LogP contribution in [-0.2, 0) is 12.0 Å². The second-order valence-corrected chi connectivity index (χ2v) is 7.52. The first-order chi connectivity index (χ1) is 11.6. The Morgan fingerprint density at radius 3 is 2.83 bits per heavy atom. The van der Waals surface area contributed by atoms with E-state index in [-0.39, 0.29) is 0 Å². The number of furan rings is 1. The molecule has 0 bridgehead atoms. The minimum absolute atomic E-state index is 0.308. The summed E-state index contributed by atoms with van der Waals surface area (Å²) in [6, 6.07) is 7.73. The molecule has 1 unspecified atom stereocenters. The van der Waals surface area contributed by atoms with Gasteiger partial charge in [-0.2, -0.15) is 11.8 Å². The normalized spacial score (nSPS) is 14.4. The first kappa shape index (κ1) is 18.9. The van der Waals surface area contributed by atoms with E-state index in [0.717, 1.165) is 35.9 Å². The average molecular weight is 368 g/mol. The van der Waals surface area contributed by atoms with Crippen molar-refractivity contribution in [1.82, 2.24) is 10.6 Å². The molecule has 0 fully saturated rings. The molecule has 0 saturated heterocycles. The number of rotatable bonds is 9. The highest BCUT2D eigenvalue weighted by Crippen LogP contribution is 2.25. The van der Waals surface area contributed by atoms with E-state index in [9.17, 15) is 5.11 Å². The number of aliphatic imine (C=N–C) groups is 1. The third-order valence-corrected chi connectivity index (χ3v) is 5.17. The molecule has 2 heterocycles. The van der Waals surface area contributed by atoms with Crippen molar-refractivity contribution in [2.75, 3.05) is 31.6 Å². The third kappa shape index (κ3) is 6.22. The standard InChI is InChI=1S/C17H25N3O2S2/c1-17(21,15-6-4-11-24-15)13-20-16(19-9-12-23-2)18-8-7-14-5-3-10-22-14/h3-6,10-11,21H,7-9,12-13H2,1-2H3,(H2,18,19,20). The summed E-state index contributed by atoms with van der Waals surface area (Å²) in [5, 5.41) is 19.2. The topological polar surface area (TPSA) is 69.8 Å². The van der Waals surface area contributed by atoms with Crippen LogP contribution in [0.4, 0.5) is 0 Å². The first-order valence-corrected chi connectivity index (χ1v) is 10.2. The van der Waals surface area contributed by atoms with Crippen LogP contribution < -0.4 is 10.6 Å². The predicted molar refractivity (Wildman–Crippen MR) is 103 cm³/mol. The van der Waals surface area contributed by atoms with Gasteiger partial charge in [-0.1, -0.05) is 6.07 Å². The van der Waals surface area contributed by atoms with E-state index in [1.807, 2.05) is 29.6 Å². The maximum absolute atomic E-state index is 10.6. The number of thioether (sulfide) groups is 1. The Morgan fingerprint density at radius 2 is 2.17 bits per heavy atom. The number of guanidine groups is 1. The van der Waals surface area contributed by atoms with Crippen LogP contribution in [0, 0.1) is 0 Å². The fourth-order valence-corrected chi connectivity index (χ4v) is 3.19. The molecule has 7 heteroatoms. The van der Waals surface area contributed by atoms with Gasteiger partial charge in [0.05, 0.1) is 12.8 Å². The Labute approximate surface area is 151 Å². The molecule has 0 spiro atoms. The van der Waals surface area contributed by atoms with Crippen molar-refractivity contribution in [2.45, 2.75) is 18.9 Å². The van der Waals surface area contributed by atoms with E-state index >= 15 is 0 Å². The first-order valence-electron chi connectivity index (χ1n) is 7.91. The predicted octanol–water partition coefficient (Wildman–Crippen LogP) is 2.69. The smallest absolute Gasteiger partial charge is 0.191 e. The number of hydrogen-bond donors (Lipinski definition) is 3. The summed E-state index contributed by atoms with van der Waals surface area (Å²) in [6.07, 6.45) is 4.54. The van der Waals surface area contributed by atoms with Crippen LogP contribution in [0.3, 0.4) is 0 Å². The second-order valence-electron chi connectivity index (χ2n) is 5.59. The van der Waals surface area contributed by atoms with E-state index < -0.39 is 5.60 Å². The fourth-order valence-electron chi connectivity index (χ4n) is 2.10. The molecule has 0 aromatic carbocycles. The lowest BCUT2D eigenvalue weighted by molar-refractivity contribution is 0.0711. The quantitative estimate of drug-likeness (QED) is 0.361.